The molecule has 0 atom stereocenters. The molecule has 0 unspecified atom stereocenters. The fourth-order valence-electron chi connectivity index (χ4n) is 5.75. The largest absolute Gasteiger partial charge is 0.504 e. The smallest absolute Gasteiger partial charge is 0.290 e. The van der Waals surface area contributed by atoms with E-state index in [4.69, 9.17) is 29.6 Å². The number of methoxy groups -OCH3 is 2. The van der Waals surface area contributed by atoms with Crippen LogP contribution in [0, 0.1) is 28.5 Å². The maximum Gasteiger partial charge on any atom is 0.290 e. The third-order valence-corrected chi connectivity index (χ3v) is 8.25. The van der Waals surface area contributed by atoms with Crippen LogP contribution in [0.15, 0.2) is 66.9 Å². The topological polar surface area (TPSA) is 201 Å². The van der Waals surface area contributed by atoms with Crippen LogP contribution >= 0.6 is 0 Å². The van der Waals surface area contributed by atoms with E-state index >= 15 is 0 Å². The van der Waals surface area contributed by atoms with Gasteiger partial charge < -0.3 is 29.9 Å². The first kappa shape index (κ1) is 37.3. The van der Waals surface area contributed by atoms with Crippen molar-refractivity contribution in [2.24, 2.45) is 0 Å². The van der Waals surface area contributed by atoms with Crippen LogP contribution < -0.4 is 25.2 Å². The Balaban J connectivity index is 0.00000188. The van der Waals surface area contributed by atoms with Crippen molar-refractivity contribution in [3.05, 3.63) is 94.9 Å². The van der Waals surface area contributed by atoms with E-state index in [0.29, 0.717) is 59.0 Å². The van der Waals surface area contributed by atoms with Crippen LogP contribution in [0.4, 0.5) is 10.2 Å². The van der Waals surface area contributed by atoms with Gasteiger partial charge in [0, 0.05) is 54.6 Å². The number of hydroxylamine groups is 1. The van der Waals surface area contributed by atoms with E-state index < -0.39 is 11.7 Å². The van der Waals surface area contributed by atoms with Gasteiger partial charge in [-0.2, -0.15) is 10.5 Å². The number of anilines is 1. The third kappa shape index (κ3) is 8.96. The molecule has 0 saturated carbocycles. The van der Waals surface area contributed by atoms with E-state index in [0.717, 1.165) is 18.4 Å². The second kappa shape index (κ2) is 17.8. The van der Waals surface area contributed by atoms with Crippen molar-refractivity contribution >= 4 is 24.3 Å². The lowest BCUT2D eigenvalue weighted by molar-refractivity contribution is -0.124. The Kier molecular flexibility index (Phi) is 13.0. The van der Waals surface area contributed by atoms with Crippen LogP contribution in [0.2, 0.25) is 0 Å². The Hall–Kier alpha value is -6.48. The van der Waals surface area contributed by atoms with E-state index in [1.54, 1.807) is 43.1 Å². The molecule has 51 heavy (non-hydrogen) atoms. The van der Waals surface area contributed by atoms with Crippen LogP contribution in [0.5, 0.6) is 17.2 Å². The number of nitriles is 2. The zero-order chi connectivity index (χ0) is 36.9. The molecule has 5 N–H and O–H groups in total. The number of rotatable bonds is 10. The zero-order valence-electron chi connectivity index (χ0n) is 27.8. The Labute approximate surface area is 293 Å². The predicted molar refractivity (Wildman–Crippen MR) is 185 cm³/mol. The molecule has 2 heterocycles. The lowest BCUT2D eigenvalue weighted by Crippen LogP contribution is -2.42. The maximum atomic E-state index is 14.9. The van der Waals surface area contributed by atoms with E-state index in [2.05, 4.69) is 11.4 Å². The predicted octanol–water partition coefficient (Wildman–Crippen LogP) is 5.00. The Bertz CT molecular complexity index is 2000. The molecule has 4 aromatic rings. The monoisotopic (exact) mass is 694 g/mol. The number of pyridine rings is 1. The third-order valence-electron chi connectivity index (χ3n) is 8.25. The number of amides is 1. The highest BCUT2D eigenvalue weighted by molar-refractivity contribution is 5.91. The summed E-state index contributed by atoms with van der Waals surface area (Å²) in [6.07, 6.45) is 5.93. The number of aromatic nitrogens is 1. The summed E-state index contributed by atoms with van der Waals surface area (Å²) in [5.74, 6) is -0.0933. The lowest BCUT2D eigenvalue weighted by atomic mass is 9.91. The van der Waals surface area contributed by atoms with Gasteiger partial charge in [-0.1, -0.05) is 24.3 Å². The molecule has 0 bridgehead atoms. The molecule has 1 aromatic heterocycles. The Morgan fingerprint density at radius 1 is 1.04 bits per heavy atom. The maximum absolute atomic E-state index is 14.9. The molecule has 0 radical (unpaired) electrons. The molecule has 1 fully saturated rings. The van der Waals surface area contributed by atoms with Crippen molar-refractivity contribution in [3.63, 3.8) is 0 Å². The number of halogens is 1. The highest BCUT2D eigenvalue weighted by Gasteiger charge is 2.26. The van der Waals surface area contributed by atoms with E-state index in [1.807, 2.05) is 29.2 Å². The summed E-state index contributed by atoms with van der Waals surface area (Å²) in [5, 5.41) is 49.4. The van der Waals surface area contributed by atoms with Gasteiger partial charge in [0.1, 0.15) is 35.1 Å². The van der Waals surface area contributed by atoms with Gasteiger partial charge >= 0.3 is 0 Å². The number of carbonyl (C=O) groups is 2. The molecule has 1 aliphatic heterocycles. The van der Waals surface area contributed by atoms with Gasteiger partial charge in [0.15, 0.2) is 11.5 Å². The van der Waals surface area contributed by atoms with Crippen LogP contribution in [0.3, 0.4) is 0 Å². The van der Waals surface area contributed by atoms with Crippen LogP contribution in [0.25, 0.3) is 28.3 Å². The summed E-state index contributed by atoms with van der Waals surface area (Å²) < 4.78 is 25.5. The molecular formula is C37H35FN6O7. The Morgan fingerprint density at radius 3 is 2.35 bits per heavy atom. The van der Waals surface area contributed by atoms with Gasteiger partial charge in [-0.15, -0.1) is 0 Å². The van der Waals surface area contributed by atoms with Crippen LogP contribution in [-0.4, -0.2) is 66.1 Å². The minimum atomic E-state index is -0.703. The summed E-state index contributed by atoms with van der Waals surface area (Å²) in [5.41, 5.74) is 5.31. The number of piperidine rings is 1. The average molecular weight is 695 g/mol. The molecule has 14 heteroatoms. The van der Waals surface area contributed by atoms with Crippen molar-refractivity contribution < 1.29 is 38.9 Å². The molecule has 262 valence electrons. The van der Waals surface area contributed by atoms with E-state index in [1.165, 1.54) is 31.4 Å². The number of hydrogen-bond acceptors (Lipinski definition) is 11. The molecule has 0 aliphatic carbocycles. The minimum absolute atomic E-state index is 0.0950. The fraction of sp³-hybridized carbons (Fsp3) is 0.216. The molecule has 1 saturated heterocycles. The number of benzene rings is 3. The second-order valence-electron chi connectivity index (χ2n) is 11.2. The van der Waals surface area contributed by atoms with Crippen LogP contribution in [0.1, 0.15) is 35.1 Å². The quantitative estimate of drug-likeness (QED) is 0.0645. The summed E-state index contributed by atoms with van der Waals surface area (Å²) in [6.45, 7) is 1.56. The molecule has 0 spiro atoms. The number of carboxylic acid groups (broad SMARTS) is 1. The number of nitrogens with zero attached hydrogens (tertiary/aromatic N) is 4. The summed E-state index contributed by atoms with van der Waals surface area (Å²) in [6, 6.07) is 19.1. The van der Waals surface area contributed by atoms with Gasteiger partial charge in [-0.25, -0.2) is 14.9 Å². The summed E-state index contributed by atoms with van der Waals surface area (Å²) >= 11 is 0. The first-order chi connectivity index (χ1) is 24.7. The standard InChI is InChI=1S/C36H33FN6O5.CH2O2/c1-47-32-9-7-24(17-31(32)44)29-21-41-36(28(19-39)35(29)25-5-6-26(18-38)30(37)16-25)43-13-11-27(12-14-43)40-20-22-3-4-23(33(15-22)48-2)8-10-34(45)42-46;2-1-3/h3-10,15-17,21,27,40,44,46H,11-14,20H2,1-2H3,(H,42,45);1H,(H,2,3)/b10-8+;. The number of phenols is 1. The normalized spacial score (nSPS) is 12.6. The highest BCUT2D eigenvalue weighted by atomic mass is 19.1. The van der Waals surface area contributed by atoms with Crippen molar-refractivity contribution in [2.45, 2.75) is 25.4 Å². The molecule has 1 amide bonds. The first-order valence-corrected chi connectivity index (χ1v) is 15.6. The zero-order valence-corrected chi connectivity index (χ0v) is 27.8. The van der Waals surface area contributed by atoms with Gasteiger partial charge in [0.05, 0.1) is 19.8 Å². The summed E-state index contributed by atoms with van der Waals surface area (Å²) in [4.78, 5) is 26.5. The summed E-state index contributed by atoms with van der Waals surface area (Å²) in [7, 11) is 2.99. The fourth-order valence-corrected chi connectivity index (χ4v) is 5.75. The number of hydrogen-bond donors (Lipinski definition) is 5. The number of aromatic hydroxyl groups is 1. The van der Waals surface area contributed by atoms with Gasteiger partial charge in [0.25, 0.3) is 12.4 Å². The molecular weight excluding hydrogens is 659 g/mol. The van der Waals surface area contributed by atoms with Crippen molar-refractivity contribution in [2.75, 3.05) is 32.2 Å². The van der Waals surface area contributed by atoms with E-state index in [-0.39, 0.29) is 35.1 Å². The van der Waals surface area contributed by atoms with Gasteiger partial charge in [-0.05, 0) is 65.9 Å². The molecule has 3 aromatic carbocycles. The van der Waals surface area contributed by atoms with Crippen molar-refractivity contribution in [3.8, 4) is 51.6 Å². The van der Waals surface area contributed by atoms with Crippen molar-refractivity contribution in [1.82, 2.24) is 15.8 Å². The first-order valence-electron chi connectivity index (χ1n) is 15.6. The van der Waals surface area contributed by atoms with Crippen LogP contribution in [-0.2, 0) is 16.1 Å². The number of phenolic OH excluding ortho intramolecular Hbond substituents is 1. The molecule has 5 rings (SSSR count). The number of nitrogens with one attached hydrogen (secondary N) is 2. The van der Waals surface area contributed by atoms with Crippen molar-refractivity contribution in [1.29, 1.82) is 10.5 Å². The van der Waals surface area contributed by atoms with Gasteiger partial charge in [-0.3, -0.25) is 14.8 Å². The Morgan fingerprint density at radius 2 is 1.75 bits per heavy atom. The molecule has 13 nitrogen and oxygen atoms in total. The van der Waals surface area contributed by atoms with E-state index in [9.17, 15) is 24.8 Å². The lowest BCUT2D eigenvalue weighted by Gasteiger charge is -2.34. The minimum Gasteiger partial charge on any atom is -0.504 e. The number of carbonyl (C=O) groups excluding carboxylic acids is 1. The highest BCUT2D eigenvalue weighted by Crippen LogP contribution is 2.41. The number of ether oxygens (including phenoxy) is 2. The average Bonchev–Trinajstić information content (AvgIpc) is 3.16. The second-order valence-corrected chi connectivity index (χ2v) is 11.2. The molecule has 1 aliphatic rings. The SMILES string of the molecule is COc1ccc(-c2cnc(N3CCC(NCc4ccc(/C=C/C(=O)NO)c(OC)c4)CC3)c(C#N)c2-c2ccc(C#N)c(F)c2)cc1O.O=CO. The van der Waals surface area contributed by atoms with Gasteiger partial charge in [0.2, 0.25) is 0 Å².